The van der Waals surface area contributed by atoms with Crippen LogP contribution in [0.1, 0.15) is 38.5 Å². The lowest BCUT2D eigenvalue weighted by atomic mass is 10.1. The second-order valence-electron chi connectivity index (χ2n) is 8.34. The zero-order valence-electron chi connectivity index (χ0n) is 22.9. The lowest BCUT2D eigenvalue weighted by molar-refractivity contribution is -0.140. The van der Waals surface area contributed by atoms with Gasteiger partial charge in [0.25, 0.3) is 0 Å². The molecule has 41 heavy (non-hydrogen) atoms. The number of nitrogens with zero attached hydrogens (tertiary/aromatic N) is 2. The van der Waals surface area contributed by atoms with Crippen LogP contribution in [0.25, 0.3) is 0 Å². The van der Waals surface area contributed by atoms with Crippen LogP contribution in [-0.2, 0) is 38.1 Å². The Balaban J connectivity index is 3.81. The van der Waals surface area contributed by atoms with Crippen molar-refractivity contribution < 1.29 is 58.2 Å². The molecule has 0 aromatic rings. The van der Waals surface area contributed by atoms with E-state index in [2.05, 4.69) is 26.0 Å². The smallest absolute Gasteiger partial charge is 0.326 e. The summed E-state index contributed by atoms with van der Waals surface area (Å²) < 4.78 is 21.2. The van der Waals surface area contributed by atoms with E-state index in [4.69, 9.17) is 34.7 Å². The number of nitrogens with one attached hydrogen (secondary N) is 4. The molecule has 0 aliphatic rings. The third-order valence-corrected chi connectivity index (χ3v) is 5.09. The van der Waals surface area contributed by atoms with Gasteiger partial charge in [-0.05, 0) is 25.7 Å². The number of carbonyl (C=O) groups excluding carboxylic acids is 2. The van der Waals surface area contributed by atoms with Gasteiger partial charge in [-0.15, -0.1) is 0 Å². The Morgan fingerprint density at radius 2 is 1.22 bits per heavy atom. The van der Waals surface area contributed by atoms with Crippen LogP contribution in [0.4, 0.5) is 4.79 Å². The number of carbonyl (C=O) groups is 5. The van der Waals surface area contributed by atoms with Crippen LogP contribution in [0.5, 0.6) is 0 Å². The molecule has 234 valence electrons. The van der Waals surface area contributed by atoms with Crippen LogP contribution < -0.4 is 20.9 Å². The molecule has 0 heterocycles. The number of aliphatic carboxylic acids is 3. The molecule has 0 aromatic carbocycles. The molecule has 0 aliphatic carbocycles. The predicted octanol–water partition coefficient (Wildman–Crippen LogP) is -0.650. The standard InChI is InChI=1S/C23H40N6O12/c24-29-26-8-10-39-12-14-41-16-15-40-13-11-38-9-6-19(30)25-7-2-1-3-17(21(33)34)27-23(37)28-18(22(35)36)4-5-20(31)32/h17-18,24H,1-16H2,(H5-,25,27,28,30,31,32,33,34,35,36,37)/p+1/t17-,18-/m0/s1. The highest BCUT2D eigenvalue weighted by Crippen LogP contribution is 2.03. The molecule has 0 unspecified atom stereocenters. The topological polar surface area (TPSA) is 269 Å². The molecule has 0 radical (unpaired) electrons. The zero-order valence-corrected chi connectivity index (χ0v) is 22.9. The van der Waals surface area contributed by atoms with Gasteiger partial charge in [0.15, 0.2) is 0 Å². The summed E-state index contributed by atoms with van der Waals surface area (Å²) in [6, 6.07) is -3.81. The van der Waals surface area contributed by atoms with Crippen molar-refractivity contribution in [3.8, 4) is 0 Å². The minimum Gasteiger partial charge on any atom is -0.481 e. The van der Waals surface area contributed by atoms with E-state index in [9.17, 15) is 29.1 Å². The highest BCUT2D eigenvalue weighted by Gasteiger charge is 2.24. The fourth-order valence-electron chi connectivity index (χ4n) is 3.01. The summed E-state index contributed by atoms with van der Waals surface area (Å²) in [5.74, 6) is -4.23. The van der Waals surface area contributed by atoms with Gasteiger partial charge in [0.1, 0.15) is 29.3 Å². The number of amides is 3. The van der Waals surface area contributed by atoms with Gasteiger partial charge in [-0.25, -0.2) is 14.4 Å². The molecule has 0 bridgehead atoms. The first-order chi connectivity index (χ1) is 19.7. The Labute approximate surface area is 236 Å². The highest BCUT2D eigenvalue weighted by atomic mass is 16.6. The van der Waals surface area contributed by atoms with E-state index < -0.39 is 42.4 Å². The van der Waals surface area contributed by atoms with E-state index in [1.165, 1.54) is 0 Å². The fraction of sp³-hybridized carbons (Fsp3) is 0.783. The molecule has 18 heteroatoms. The molecule has 7 N–H and O–H groups in total. The van der Waals surface area contributed by atoms with Crippen molar-refractivity contribution in [1.29, 1.82) is 5.53 Å². The molecule has 0 aromatic heterocycles. The summed E-state index contributed by atoms with van der Waals surface area (Å²) in [5, 5.41) is 37.4. The summed E-state index contributed by atoms with van der Waals surface area (Å²) in [6.45, 7) is 3.46. The fourth-order valence-corrected chi connectivity index (χ4v) is 3.01. The molecule has 0 rings (SSSR count). The molecular formula is C23H41N6O12+. The maximum Gasteiger partial charge on any atom is 0.326 e. The molecule has 2 atom stereocenters. The Kier molecular flexibility index (Phi) is 23.0. The van der Waals surface area contributed by atoms with E-state index in [1.54, 1.807) is 0 Å². The van der Waals surface area contributed by atoms with E-state index in [-0.39, 0.29) is 38.3 Å². The first kappa shape index (κ1) is 37.3. The van der Waals surface area contributed by atoms with Gasteiger partial charge in [-0.2, -0.15) is 0 Å². The van der Waals surface area contributed by atoms with Gasteiger partial charge in [-0.1, -0.05) is 0 Å². The molecule has 18 nitrogen and oxygen atoms in total. The Morgan fingerprint density at radius 1 is 0.707 bits per heavy atom. The van der Waals surface area contributed by atoms with E-state index >= 15 is 0 Å². The molecule has 0 fully saturated rings. The van der Waals surface area contributed by atoms with Crippen molar-refractivity contribution in [3.63, 3.8) is 0 Å². The quantitative estimate of drug-likeness (QED) is 0.0356. The Hall–Kier alpha value is -3.70. The number of unbranched alkanes of at least 4 members (excludes halogenated alkanes) is 1. The molecule has 3 amide bonds. The summed E-state index contributed by atoms with van der Waals surface area (Å²) >= 11 is 0. The minimum absolute atomic E-state index is 0.0359. The van der Waals surface area contributed by atoms with Crippen molar-refractivity contribution in [2.45, 2.75) is 50.6 Å². The first-order valence-corrected chi connectivity index (χ1v) is 13.0. The molecule has 0 saturated carbocycles. The average molecular weight is 594 g/mol. The normalized spacial score (nSPS) is 12.0. The van der Waals surface area contributed by atoms with Gasteiger partial charge in [0.2, 0.25) is 10.8 Å². The molecule has 0 saturated heterocycles. The number of carboxylic acids is 3. The minimum atomic E-state index is -1.48. The molecule has 0 spiro atoms. The lowest BCUT2D eigenvalue weighted by Gasteiger charge is -2.18. The number of urea groups is 1. The van der Waals surface area contributed by atoms with E-state index in [0.717, 1.165) is 0 Å². The largest absolute Gasteiger partial charge is 0.481 e. The predicted molar refractivity (Wildman–Crippen MR) is 138 cm³/mol. The molecule has 0 aliphatic heterocycles. The van der Waals surface area contributed by atoms with E-state index in [0.29, 0.717) is 65.6 Å². The van der Waals surface area contributed by atoms with Crippen LogP contribution in [0.2, 0.25) is 0 Å². The van der Waals surface area contributed by atoms with Crippen LogP contribution >= 0.6 is 0 Å². The third-order valence-electron chi connectivity index (χ3n) is 5.09. The van der Waals surface area contributed by atoms with Gasteiger partial charge < -0.3 is 50.2 Å². The summed E-state index contributed by atoms with van der Waals surface area (Å²) in [7, 11) is 0. The number of ether oxygens (including phenoxy) is 4. The summed E-state index contributed by atoms with van der Waals surface area (Å²) in [4.78, 5) is 59.9. The van der Waals surface area contributed by atoms with Crippen molar-refractivity contribution in [1.82, 2.24) is 20.9 Å². The maximum absolute atomic E-state index is 12.0. The summed E-state index contributed by atoms with van der Waals surface area (Å²) in [6.07, 6.45) is 0.128. The number of rotatable bonds is 27. The van der Waals surface area contributed by atoms with Crippen LogP contribution in [0.15, 0.2) is 5.11 Å². The number of hydrogen-bond donors (Lipinski definition) is 7. The van der Waals surface area contributed by atoms with Gasteiger partial charge in [0.05, 0.1) is 52.9 Å². The van der Waals surface area contributed by atoms with Crippen molar-refractivity contribution in [3.05, 3.63) is 0 Å². The van der Waals surface area contributed by atoms with Crippen LogP contribution in [0.3, 0.4) is 0 Å². The molecular weight excluding hydrogens is 552 g/mol. The second-order valence-corrected chi connectivity index (χ2v) is 8.34. The van der Waals surface area contributed by atoms with Crippen LogP contribution in [-0.4, -0.2) is 123 Å². The van der Waals surface area contributed by atoms with Crippen LogP contribution in [0, 0.1) is 5.53 Å². The zero-order chi connectivity index (χ0) is 30.7. The van der Waals surface area contributed by atoms with E-state index in [1.807, 2.05) is 0 Å². The van der Waals surface area contributed by atoms with Crippen molar-refractivity contribution in [2.24, 2.45) is 5.11 Å². The van der Waals surface area contributed by atoms with Crippen molar-refractivity contribution in [2.75, 3.05) is 65.9 Å². The number of hydrogen-bond acceptors (Lipinski definition) is 11. The van der Waals surface area contributed by atoms with Crippen molar-refractivity contribution >= 4 is 29.8 Å². The SMILES string of the molecule is N=[N+]=NCCOCCOCCOCCOCCC(=O)NCCCC[C@H](NC(=O)N[C@@H](CCC(=O)O)C(=O)O)C(=O)O. The highest BCUT2D eigenvalue weighted by molar-refractivity contribution is 5.86. The van der Waals surface area contributed by atoms with Gasteiger partial charge in [-0.3, -0.25) is 9.59 Å². The lowest BCUT2D eigenvalue weighted by Crippen LogP contribution is -2.51. The number of carboxylic acid groups (broad SMARTS) is 3. The first-order valence-electron chi connectivity index (χ1n) is 13.0. The second kappa shape index (κ2) is 25.3. The summed E-state index contributed by atoms with van der Waals surface area (Å²) in [5.41, 5.74) is 6.49. The van der Waals surface area contributed by atoms with Gasteiger partial charge >= 0.3 is 23.9 Å². The maximum atomic E-state index is 12.0. The Morgan fingerprint density at radius 3 is 1.73 bits per heavy atom. The Bertz CT molecular complexity index is 840. The third kappa shape index (κ3) is 23.9. The monoisotopic (exact) mass is 593 g/mol. The van der Waals surface area contributed by atoms with Gasteiger partial charge in [0, 0.05) is 19.4 Å². The average Bonchev–Trinajstić information content (AvgIpc) is 2.91.